The molecule has 2 rings (SSSR count). The molecule has 1 saturated carbocycles. The summed E-state index contributed by atoms with van der Waals surface area (Å²) in [6.07, 6.45) is 2.27. The van der Waals surface area contributed by atoms with Crippen molar-refractivity contribution in [2.24, 2.45) is 5.41 Å². The van der Waals surface area contributed by atoms with Crippen LogP contribution in [-0.2, 0) is 0 Å². The first-order chi connectivity index (χ1) is 8.51. The summed E-state index contributed by atoms with van der Waals surface area (Å²) in [5.41, 5.74) is 0.153. The van der Waals surface area contributed by atoms with E-state index < -0.39 is 0 Å². The van der Waals surface area contributed by atoms with Gasteiger partial charge in [0.05, 0.1) is 5.02 Å². The van der Waals surface area contributed by atoms with Gasteiger partial charge in [-0.05, 0) is 25.6 Å². The molecule has 4 heteroatoms. The van der Waals surface area contributed by atoms with Gasteiger partial charge < -0.3 is 10.1 Å². The first-order valence-electron chi connectivity index (χ1n) is 6.30. The molecule has 0 aromatic heterocycles. The van der Waals surface area contributed by atoms with Crippen molar-refractivity contribution in [3.63, 3.8) is 0 Å². The van der Waals surface area contributed by atoms with Gasteiger partial charge in [-0.2, -0.15) is 0 Å². The number of nitrogens with one attached hydrogen (secondary N) is 1. The Bertz CT molecular complexity index is 438. The van der Waals surface area contributed by atoms with Crippen LogP contribution >= 0.6 is 23.2 Å². The minimum atomic E-state index is 0.153. The van der Waals surface area contributed by atoms with Gasteiger partial charge in [0.15, 0.2) is 0 Å². The van der Waals surface area contributed by atoms with E-state index in [1.165, 1.54) is 0 Å². The van der Waals surface area contributed by atoms with Crippen molar-refractivity contribution in [2.75, 3.05) is 7.05 Å². The van der Waals surface area contributed by atoms with E-state index in [9.17, 15) is 0 Å². The molecule has 0 aliphatic heterocycles. The minimum absolute atomic E-state index is 0.153. The summed E-state index contributed by atoms with van der Waals surface area (Å²) in [6.45, 7) is 4.44. The Hall–Kier alpha value is -0.440. The molecule has 0 amide bonds. The van der Waals surface area contributed by atoms with Gasteiger partial charge in [-0.25, -0.2) is 0 Å². The van der Waals surface area contributed by atoms with Crippen molar-refractivity contribution in [1.29, 1.82) is 0 Å². The van der Waals surface area contributed by atoms with Crippen molar-refractivity contribution in [3.8, 4) is 5.75 Å². The van der Waals surface area contributed by atoms with E-state index in [1.54, 1.807) is 18.2 Å². The lowest BCUT2D eigenvalue weighted by atomic mass is 9.61. The fourth-order valence-electron chi connectivity index (χ4n) is 2.64. The Morgan fingerprint density at radius 2 is 2.17 bits per heavy atom. The Balaban J connectivity index is 2.13. The van der Waals surface area contributed by atoms with Crippen LogP contribution in [-0.4, -0.2) is 19.2 Å². The first kappa shape index (κ1) is 14.0. The zero-order chi connectivity index (χ0) is 13.3. The van der Waals surface area contributed by atoms with Gasteiger partial charge in [0.2, 0.25) is 0 Å². The molecular weight excluding hydrogens is 269 g/mol. The van der Waals surface area contributed by atoms with Crippen LogP contribution in [0.15, 0.2) is 18.2 Å². The van der Waals surface area contributed by atoms with Crippen molar-refractivity contribution in [1.82, 2.24) is 5.32 Å². The molecule has 3 atom stereocenters. The molecule has 1 fully saturated rings. The maximum Gasteiger partial charge on any atom is 0.139 e. The maximum atomic E-state index is 6.13. The third-order valence-electron chi connectivity index (χ3n) is 4.25. The summed E-state index contributed by atoms with van der Waals surface area (Å²) in [5, 5.41) is 4.61. The van der Waals surface area contributed by atoms with Crippen molar-refractivity contribution < 1.29 is 4.74 Å². The Labute approximate surface area is 119 Å². The van der Waals surface area contributed by atoms with E-state index in [1.807, 2.05) is 7.05 Å². The van der Waals surface area contributed by atoms with Crippen molar-refractivity contribution in [2.45, 2.75) is 38.8 Å². The highest BCUT2D eigenvalue weighted by molar-refractivity contribution is 6.34. The number of hydrogen-bond acceptors (Lipinski definition) is 2. The van der Waals surface area contributed by atoms with Gasteiger partial charge >= 0.3 is 0 Å². The van der Waals surface area contributed by atoms with Crippen LogP contribution in [0.1, 0.15) is 26.7 Å². The molecule has 1 aromatic rings. The molecule has 1 aromatic carbocycles. The molecular formula is C14H19Cl2NO. The lowest BCUT2D eigenvalue weighted by Crippen LogP contribution is -2.62. The summed E-state index contributed by atoms with van der Waals surface area (Å²) in [4.78, 5) is 0. The monoisotopic (exact) mass is 287 g/mol. The number of benzene rings is 1. The molecule has 0 saturated heterocycles. The second-order valence-corrected chi connectivity index (χ2v) is 5.96. The summed E-state index contributed by atoms with van der Waals surface area (Å²) in [7, 11) is 2.00. The van der Waals surface area contributed by atoms with Crippen LogP contribution in [0.4, 0.5) is 0 Å². The molecule has 1 aliphatic rings. The van der Waals surface area contributed by atoms with Crippen molar-refractivity contribution in [3.05, 3.63) is 28.2 Å². The van der Waals surface area contributed by atoms with Gasteiger partial charge in [-0.3, -0.25) is 0 Å². The van der Waals surface area contributed by atoms with Crippen LogP contribution in [0.3, 0.4) is 0 Å². The maximum absolute atomic E-state index is 6.13. The van der Waals surface area contributed by atoms with E-state index in [0.29, 0.717) is 21.8 Å². The predicted octanol–water partition coefficient (Wildman–Crippen LogP) is 4.15. The fraction of sp³-hybridized carbons (Fsp3) is 0.571. The molecule has 18 heavy (non-hydrogen) atoms. The van der Waals surface area contributed by atoms with Crippen LogP contribution in [0.2, 0.25) is 10.0 Å². The number of ether oxygens (including phenoxy) is 1. The second-order valence-electron chi connectivity index (χ2n) is 5.12. The topological polar surface area (TPSA) is 21.3 Å². The van der Waals surface area contributed by atoms with Crippen LogP contribution in [0.25, 0.3) is 0 Å². The van der Waals surface area contributed by atoms with Gasteiger partial charge in [0, 0.05) is 29.0 Å². The first-order valence-corrected chi connectivity index (χ1v) is 7.05. The summed E-state index contributed by atoms with van der Waals surface area (Å²) in [5.74, 6) is 0.684. The van der Waals surface area contributed by atoms with Crippen LogP contribution in [0, 0.1) is 5.41 Å². The predicted molar refractivity (Wildman–Crippen MR) is 76.7 cm³/mol. The molecule has 100 valence electrons. The van der Waals surface area contributed by atoms with Crippen molar-refractivity contribution >= 4 is 23.2 Å². The second kappa shape index (κ2) is 5.28. The third kappa shape index (κ3) is 2.34. The fourth-order valence-corrected chi connectivity index (χ4v) is 2.97. The zero-order valence-electron chi connectivity index (χ0n) is 11.0. The molecule has 1 aliphatic carbocycles. The molecule has 0 bridgehead atoms. The van der Waals surface area contributed by atoms with E-state index >= 15 is 0 Å². The van der Waals surface area contributed by atoms with Crippen LogP contribution < -0.4 is 10.1 Å². The summed E-state index contributed by atoms with van der Waals surface area (Å²) in [6, 6.07) is 5.83. The van der Waals surface area contributed by atoms with Crippen LogP contribution in [0.5, 0.6) is 5.75 Å². The zero-order valence-corrected chi connectivity index (χ0v) is 12.5. The Morgan fingerprint density at radius 1 is 1.44 bits per heavy atom. The summed E-state index contributed by atoms with van der Waals surface area (Å²) < 4.78 is 6.04. The average molecular weight is 288 g/mol. The number of hydrogen-bond donors (Lipinski definition) is 1. The highest BCUT2D eigenvalue weighted by Gasteiger charge is 2.51. The third-order valence-corrected chi connectivity index (χ3v) is 4.80. The molecule has 1 N–H and O–H groups in total. The van der Waals surface area contributed by atoms with Gasteiger partial charge in [-0.15, -0.1) is 0 Å². The van der Waals surface area contributed by atoms with Gasteiger partial charge in [0.1, 0.15) is 11.9 Å². The van der Waals surface area contributed by atoms with Gasteiger partial charge in [-0.1, -0.05) is 37.0 Å². The lowest BCUT2D eigenvalue weighted by molar-refractivity contribution is -0.0676. The molecule has 0 heterocycles. The highest BCUT2D eigenvalue weighted by Crippen LogP contribution is 2.46. The number of rotatable bonds is 4. The Morgan fingerprint density at radius 3 is 2.78 bits per heavy atom. The SMILES string of the molecule is CCC1(C)C(NC)CC1Oc1cc(Cl)ccc1Cl. The van der Waals surface area contributed by atoms with E-state index in [-0.39, 0.29) is 11.5 Å². The average Bonchev–Trinajstić information content (AvgIpc) is 2.36. The normalized spacial score (nSPS) is 30.9. The number of halogens is 2. The molecule has 3 unspecified atom stereocenters. The quantitative estimate of drug-likeness (QED) is 0.898. The largest absolute Gasteiger partial charge is 0.488 e. The molecule has 2 nitrogen and oxygen atoms in total. The van der Waals surface area contributed by atoms with E-state index in [4.69, 9.17) is 27.9 Å². The Kier molecular flexibility index (Phi) is 4.10. The lowest BCUT2D eigenvalue weighted by Gasteiger charge is -2.53. The minimum Gasteiger partial charge on any atom is -0.488 e. The molecule has 0 radical (unpaired) electrons. The van der Waals surface area contributed by atoms with Gasteiger partial charge in [0.25, 0.3) is 0 Å². The standard InChI is InChI=1S/C14H19Cl2NO/c1-4-14(2)12(17-3)8-13(14)18-11-7-9(15)5-6-10(11)16/h5-7,12-13,17H,4,8H2,1-3H3. The summed E-state index contributed by atoms with van der Waals surface area (Å²) >= 11 is 12.1. The molecule has 0 spiro atoms. The highest BCUT2D eigenvalue weighted by atomic mass is 35.5. The van der Waals surface area contributed by atoms with E-state index in [2.05, 4.69) is 19.2 Å². The van der Waals surface area contributed by atoms with E-state index in [0.717, 1.165) is 12.8 Å². The smallest absolute Gasteiger partial charge is 0.139 e.